The van der Waals surface area contributed by atoms with E-state index in [-0.39, 0.29) is 29.7 Å². The Labute approximate surface area is 127 Å². The second-order valence-corrected chi connectivity index (χ2v) is 5.78. The first-order chi connectivity index (χ1) is 10.5. The number of nitro groups is 1. The first kappa shape index (κ1) is 14.4. The number of nitrogens with one attached hydrogen (secondary N) is 1. The Bertz CT molecular complexity index is 721. The van der Waals surface area contributed by atoms with Crippen molar-refractivity contribution < 1.29 is 14.5 Å². The molecule has 114 valence electrons. The highest BCUT2D eigenvalue weighted by molar-refractivity contribution is 6.01. The van der Waals surface area contributed by atoms with Crippen LogP contribution in [0.25, 0.3) is 0 Å². The average Bonchev–Trinajstić information content (AvgIpc) is 2.46. The van der Waals surface area contributed by atoms with Crippen LogP contribution >= 0.6 is 0 Å². The van der Waals surface area contributed by atoms with E-state index in [0.29, 0.717) is 35.2 Å². The van der Waals surface area contributed by atoms with Crippen molar-refractivity contribution in [2.75, 3.05) is 0 Å². The summed E-state index contributed by atoms with van der Waals surface area (Å²) in [6.07, 6.45) is 2.04. The van der Waals surface area contributed by atoms with Crippen molar-refractivity contribution in [1.82, 2.24) is 5.32 Å². The van der Waals surface area contributed by atoms with Gasteiger partial charge in [0.15, 0.2) is 5.78 Å². The average molecular weight is 300 g/mol. The molecule has 2 aliphatic rings. The molecule has 1 aromatic carbocycles. The summed E-state index contributed by atoms with van der Waals surface area (Å²) in [5.41, 5.74) is 2.58. The number of rotatable bonds is 2. The van der Waals surface area contributed by atoms with E-state index >= 15 is 0 Å². The van der Waals surface area contributed by atoms with E-state index in [9.17, 15) is 19.7 Å². The minimum Gasteiger partial charge on any atom is -0.329 e. The maximum Gasteiger partial charge on any atom is 0.272 e. The van der Waals surface area contributed by atoms with Crippen molar-refractivity contribution in [3.8, 4) is 0 Å². The fraction of sp³-hybridized carbons (Fsp3) is 0.375. The number of aryl methyl sites for hydroxylation is 1. The van der Waals surface area contributed by atoms with Crippen LogP contribution in [-0.2, 0) is 9.59 Å². The number of amides is 1. The summed E-state index contributed by atoms with van der Waals surface area (Å²) in [7, 11) is 0. The van der Waals surface area contributed by atoms with Gasteiger partial charge in [-0.1, -0.05) is 12.1 Å². The molecule has 1 heterocycles. The Morgan fingerprint density at radius 1 is 1.27 bits per heavy atom. The van der Waals surface area contributed by atoms with Gasteiger partial charge in [-0.05, 0) is 25.3 Å². The number of nitro benzene ring substituents is 1. The predicted molar refractivity (Wildman–Crippen MR) is 79.2 cm³/mol. The van der Waals surface area contributed by atoms with E-state index in [4.69, 9.17) is 0 Å². The molecule has 6 nitrogen and oxygen atoms in total. The fourth-order valence-electron chi connectivity index (χ4n) is 3.23. The number of benzene rings is 1. The van der Waals surface area contributed by atoms with Crippen LogP contribution in [0.3, 0.4) is 0 Å². The van der Waals surface area contributed by atoms with Crippen molar-refractivity contribution in [2.24, 2.45) is 0 Å². The van der Waals surface area contributed by atoms with E-state index in [1.165, 1.54) is 6.07 Å². The molecule has 1 aliphatic carbocycles. The third-order valence-electron chi connectivity index (χ3n) is 4.32. The Balaban J connectivity index is 2.10. The molecule has 0 bridgehead atoms. The molecule has 0 saturated heterocycles. The number of carbonyl (C=O) groups is 2. The van der Waals surface area contributed by atoms with Crippen LogP contribution in [0, 0.1) is 17.0 Å². The van der Waals surface area contributed by atoms with Crippen LogP contribution in [0.2, 0.25) is 0 Å². The maximum absolute atomic E-state index is 12.3. The summed E-state index contributed by atoms with van der Waals surface area (Å²) < 4.78 is 0. The normalized spacial score (nSPS) is 21.4. The lowest BCUT2D eigenvalue weighted by Crippen LogP contribution is -2.36. The lowest BCUT2D eigenvalue weighted by Gasteiger charge is -2.31. The summed E-state index contributed by atoms with van der Waals surface area (Å²) in [5.74, 6) is -0.480. The van der Waals surface area contributed by atoms with Crippen molar-refractivity contribution in [2.45, 2.75) is 38.5 Å². The Hall–Kier alpha value is -2.50. The van der Waals surface area contributed by atoms with Gasteiger partial charge in [0.25, 0.3) is 5.69 Å². The molecule has 1 amide bonds. The molecule has 0 saturated carbocycles. The van der Waals surface area contributed by atoms with E-state index in [0.717, 1.165) is 6.42 Å². The summed E-state index contributed by atoms with van der Waals surface area (Å²) in [6.45, 7) is 1.67. The molecule has 3 rings (SSSR count). The van der Waals surface area contributed by atoms with Crippen LogP contribution in [0.4, 0.5) is 5.69 Å². The maximum atomic E-state index is 12.3. The molecule has 6 heteroatoms. The molecule has 1 aromatic rings. The third-order valence-corrected chi connectivity index (χ3v) is 4.32. The number of ketones is 1. The minimum atomic E-state index is -0.431. The van der Waals surface area contributed by atoms with Crippen molar-refractivity contribution in [3.05, 3.63) is 50.7 Å². The number of Topliss-reactive ketones (excluding diaryl/α,β-unsaturated/α-hetero) is 1. The van der Waals surface area contributed by atoms with Gasteiger partial charge in [0, 0.05) is 41.7 Å². The molecule has 22 heavy (non-hydrogen) atoms. The lowest BCUT2D eigenvalue weighted by atomic mass is 9.78. The highest BCUT2D eigenvalue weighted by Gasteiger charge is 2.35. The zero-order valence-electron chi connectivity index (χ0n) is 12.2. The molecule has 0 radical (unpaired) electrons. The summed E-state index contributed by atoms with van der Waals surface area (Å²) in [4.78, 5) is 34.8. The second-order valence-electron chi connectivity index (χ2n) is 5.78. The van der Waals surface area contributed by atoms with E-state index in [1.807, 2.05) is 0 Å². The Morgan fingerprint density at radius 3 is 2.77 bits per heavy atom. The molecule has 0 aromatic heterocycles. The van der Waals surface area contributed by atoms with Gasteiger partial charge < -0.3 is 5.32 Å². The molecule has 1 N–H and O–H groups in total. The van der Waals surface area contributed by atoms with Crippen LogP contribution in [0.5, 0.6) is 0 Å². The van der Waals surface area contributed by atoms with Crippen molar-refractivity contribution in [1.29, 1.82) is 0 Å². The van der Waals surface area contributed by atoms with Gasteiger partial charge in [0.1, 0.15) is 0 Å². The third kappa shape index (κ3) is 2.41. The number of allylic oxidation sites excluding steroid dienone is 2. The van der Waals surface area contributed by atoms with Crippen LogP contribution in [-0.4, -0.2) is 16.6 Å². The number of carbonyl (C=O) groups excluding carboxylic acids is 2. The quantitative estimate of drug-likeness (QED) is 0.671. The van der Waals surface area contributed by atoms with Crippen LogP contribution < -0.4 is 5.32 Å². The summed E-state index contributed by atoms with van der Waals surface area (Å²) in [5, 5.41) is 13.9. The molecule has 1 aliphatic heterocycles. The van der Waals surface area contributed by atoms with Crippen LogP contribution in [0.1, 0.15) is 42.7 Å². The van der Waals surface area contributed by atoms with Crippen molar-refractivity contribution in [3.63, 3.8) is 0 Å². The zero-order valence-corrected chi connectivity index (χ0v) is 12.2. The molecule has 1 atom stereocenters. The van der Waals surface area contributed by atoms with Crippen LogP contribution in [0.15, 0.2) is 29.5 Å². The van der Waals surface area contributed by atoms with Gasteiger partial charge in [-0.2, -0.15) is 0 Å². The van der Waals surface area contributed by atoms with Gasteiger partial charge >= 0.3 is 0 Å². The second kappa shape index (κ2) is 5.36. The number of hydrogen-bond acceptors (Lipinski definition) is 4. The molecular weight excluding hydrogens is 284 g/mol. The standard InChI is InChI=1S/C16H16N2O4/c1-9-5-6-10(7-13(9)18(21)22)11-8-15(20)17-12-3-2-4-14(19)16(11)12/h5-7,11H,2-4,8H2,1H3,(H,17,20). The largest absolute Gasteiger partial charge is 0.329 e. The summed E-state index contributed by atoms with van der Waals surface area (Å²) >= 11 is 0. The minimum absolute atomic E-state index is 0.0221. The van der Waals surface area contributed by atoms with Gasteiger partial charge in [-0.3, -0.25) is 19.7 Å². The van der Waals surface area contributed by atoms with Gasteiger partial charge in [-0.15, -0.1) is 0 Å². The first-order valence-electron chi connectivity index (χ1n) is 7.28. The van der Waals surface area contributed by atoms with Gasteiger partial charge in [-0.25, -0.2) is 0 Å². The Morgan fingerprint density at radius 2 is 2.05 bits per heavy atom. The molecule has 0 fully saturated rings. The fourth-order valence-corrected chi connectivity index (χ4v) is 3.23. The number of nitrogens with zero attached hydrogens (tertiary/aromatic N) is 1. The van der Waals surface area contributed by atoms with E-state index in [1.54, 1.807) is 19.1 Å². The summed E-state index contributed by atoms with van der Waals surface area (Å²) in [6, 6.07) is 4.94. The number of hydrogen-bond donors (Lipinski definition) is 1. The zero-order chi connectivity index (χ0) is 15.9. The Kier molecular flexibility index (Phi) is 3.52. The van der Waals surface area contributed by atoms with E-state index < -0.39 is 4.92 Å². The highest BCUT2D eigenvalue weighted by atomic mass is 16.6. The first-order valence-corrected chi connectivity index (χ1v) is 7.28. The molecular formula is C16H16N2O4. The van der Waals surface area contributed by atoms with Gasteiger partial charge in [0.2, 0.25) is 5.91 Å². The molecule has 1 unspecified atom stereocenters. The van der Waals surface area contributed by atoms with E-state index in [2.05, 4.69) is 5.32 Å². The van der Waals surface area contributed by atoms with Gasteiger partial charge in [0.05, 0.1) is 4.92 Å². The lowest BCUT2D eigenvalue weighted by molar-refractivity contribution is -0.385. The smallest absolute Gasteiger partial charge is 0.272 e. The highest BCUT2D eigenvalue weighted by Crippen LogP contribution is 2.39. The molecule has 0 spiro atoms. The predicted octanol–water partition coefficient (Wildman–Crippen LogP) is 2.51. The SMILES string of the molecule is Cc1ccc(C2CC(=O)NC3=C2C(=O)CCC3)cc1[N+](=O)[O-]. The topological polar surface area (TPSA) is 89.3 Å². The van der Waals surface area contributed by atoms with Crippen molar-refractivity contribution >= 4 is 17.4 Å². The monoisotopic (exact) mass is 300 g/mol.